The minimum atomic E-state index is -2.99. The Labute approximate surface area is 97.2 Å². The van der Waals surface area contributed by atoms with Crippen LogP contribution in [0.3, 0.4) is 0 Å². The van der Waals surface area contributed by atoms with E-state index < -0.39 is 15.8 Å². The molecule has 0 unspecified atom stereocenters. The van der Waals surface area contributed by atoms with Gasteiger partial charge in [0, 0.05) is 18.2 Å². The van der Waals surface area contributed by atoms with Gasteiger partial charge in [-0.05, 0) is 0 Å². The molecule has 0 bridgehead atoms. The number of nitrogens with zero attached hydrogens (tertiary/aromatic N) is 1. The van der Waals surface area contributed by atoms with Gasteiger partial charge in [-0.1, -0.05) is 0 Å². The monoisotopic (exact) mass is 264 g/mol. The minimum Gasteiger partial charge on any atom is -0.481 e. The van der Waals surface area contributed by atoms with E-state index in [9.17, 15) is 13.2 Å². The average Bonchev–Trinajstić information content (AvgIpc) is 2.49. The van der Waals surface area contributed by atoms with E-state index in [4.69, 9.17) is 5.11 Å². The van der Waals surface area contributed by atoms with Gasteiger partial charge < -0.3 is 10.4 Å². The first-order valence-corrected chi connectivity index (χ1v) is 7.38. The molecule has 2 N–H and O–H groups in total. The van der Waals surface area contributed by atoms with Crippen LogP contribution in [0.1, 0.15) is 5.69 Å². The van der Waals surface area contributed by atoms with Crippen molar-refractivity contribution in [3.63, 3.8) is 0 Å². The van der Waals surface area contributed by atoms with Crippen LogP contribution in [0.2, 0.25) is 0 Å². The van der Waals surface area contributed by atoms with Crippen molar-refractivity contribution in [3.05, 3.63) is 11.1 Å². The summed E-state index contributed by atoms with van der Waals surface area (Å²) in [6.45, 7) is 0.277. The molecule has 0 amide bonds. The molecule has 0 saturated carbocycles. The lowest BCUT2D eigenvalue weighted by molar-refractivity contribution is -0.136. The second kappa shape index (κ2) is 5.26. The highest BCUT2D eigenvalue weighted by Crippen LogP contribution is 2.15. The molecule has 0 spiro atoms. The van der Waals surface area contributed by atoms with Crippen LogP contribution in [-0.4, -0.2) is 43.0 Å². The van der Waals surface area contributed by atoms with Crippen molar-refractivity contribution in [1.82, 2.24) is 4.98 Å². The van der Waals surface area contributed by atoms with Gasteiger partial charge in [-0.2, -0.15) is 0 Å². The van der Waals surface area contributed by atoms with Crippen molar-refractivity contribution < 1.29 is 18.3 Å². The van der Waals surface area contributed by atoms with E-state index in [1.807, 2.05) is 0 Å². The quantitative estimate of drug-likeness (QED) is 0.763. The van der Waals surface area contributed by atoms with Gasteiger partial charge in [0.2, 0.25) is 0 Å². The third kappa shape index (κ3) is 5.08. The van der Waals surface area contributed by atoms with Crippen molar-refractivity contribution in [1.29, 1.82) is 0 Å². The number of carboxylic acid groups (broad SMARTS) is 1. The van der Waals surface area contributed by atoms with Crippen molar-refractivity contribution in [2.24, 2.45) is 0 Å². The van der Waals surface area contributed by atoms with Crippen LogP contribution in [0.25, 0.3) is 0 Å². The number of anilines is 1. The normalized spacial score (nSPS) is 11.3. The summed E-state index contributed by atoms with van der Waals surface area (Å²) in [7, 11) is -2.99. The molecule has 90 valence electrons. The molecule has 0 aromatic carbocycles. The molecule has 0 aliphatic carbocycles. The summed E-state index contributed by atoms with van der Waals surface area (Å²) in [5.41, 5.74) is 0.472. The number of hydrogen-bond donors (Lipinski definition) is 2. The second-order valence-corrected chi connectivity index (χ2v) is 6.39. The first-order valence-electron chi connectivity index (χ1n) is 4.44. The summed E-state index contributed by atoms with van der Waals surface area (Å²) in [4.78, 5) is 14.4. The van der Waals surface area contributed by atoms with E-state index in [0.717, 1.165) is 6.26 Å². The molecule has 1 heterocycles. The molecule has 1 aromatic heterocycles. The molecule has 0 atom stereocenters. The molecule has 1 rings (SSSR count). The van der Waals surface area contributed by atoms with Crippen molar-refractivity contribution in [3.8, 4) is 0 Å². The van der Waals surface area contributed by atoms with Gasteiger partial charge in [-0.25, -0.2) is 13.4 Å². The molecule has 6 nitrogen and oxygen atoms in total. The Morgan fingerprint density at radius 1 is 1.62 bits per heavy atom. The topological polar surface area (TPSA) is 96.4 Å². The fourth-order valence-corrected chi connectivity index (χ4v) is 2.18. The largest absolute Gasteiger partial charge is 0.481 e. The Balaban J connectivity index is 2.43. The maximum atomic E-state index is 10.8. The number of aliphatic carboxylic acids is 1. The van der Waals surface area contributed by atoms with Gasteiger partial charge in [0.05, 0.1) is 17.9 Å². The molecule has 16 heavy (non-hydrogen) atoms. The lowest BCUT2D eigenvalue weighted by Crippen LogP contribution is -2.14. The Kier molecular flexibility index (Phi) is 4.25. The van der Waals surface area contributed by atoms with Gasteiger partial charge in [0.25, 0.3) is 0 Å². The van der Waals surface area contributed by atoms with Crippen LogP contribution in [-0.2, 0) is 21.1 Å². The number of aromatic nitrogens is 1. The SMILES string of the molecule is CS(=O)(=O)CCNc1nc(CC(=O)O)cs1. The summed E-state index contributed by atoms with van der Waals surface area (Å²) in [6.07, 6.45) is 1.04. The lowest BCUT2D eigenvalue weighted by atomic mass is 10.3. The predicted molar refractivity (Wildman–Crippen MR) is 61.7 cm³/mol. The van der Waals surface area contributed by atoms with E-state index in [0.29, 0.717) is 10.8 Å². The average molecular weight is 264 g/mol. The highest BCUT2D eigenvalue weighted by atomic mass is 32.2. The van der Waals surface area contributed by atoms with E-state index in [2.05, 4.69) is 10.3 Å². The van der Waals surface area contributed by atoms with E-state index in [1.54, 1.807) is 5.38 Å². The maximum absolute atomic E-state index is 10.8. The number of carbonyl (C=O) groups is 1. The number of thiazole rings is 1. The maximum Gasteiger partial charge on any atom is 0.309 e. The van der Waals surface area contributed by atoms with Crippen LogP contribution in [0.4, 0.5) is 5.13 Å². The lowest BCUT2D eigenvalue weighted by Gasteiger charge is -2.00. The number of carboxylic acids is 1. The minimum absolute atomic E-state index is 0.0286. The second-order valence-electron chi connectivity index (χ2n) is 3.27. The zero-order valence-electron chi connectivity index (χ0n) is 8.63. The van der Waals surface area contributed by atoms with Gasteiger partial charge in [0.15, 0.2) is 5.13 Å². The van der Waals surface area contributed by atoms with Gasteiger partial charge in [-0.15, -0.1) is 11.3 Å². The predicted octanol–water partition coefficient (Wildman–Crippen LogP) is 0.227. The first-order chi connectivity index (χ1) is 7.37. The highest BCUT2D eigenvalue weighted by Gasteiger charge is 2.06. The van der Waals surface area contributed by atoms with Crippen LogP contribution < -0.4 is 5.32 Å². The van der Waals surface area contributed by atoms with E-state index in [1.165, 1.54) is 11.3 Å². The summed E-state index contributed by atoms with van der Waals surface area (Å²) >= 11 is 1.26. The number of nitrogens with one attached hydrogen (secondary N) is 1. The fourth-order valence-electron chi connectivity index (χ4n) is 0.968. The van der Waals surface area contributed by atoms with Crippen LogP contribution in [0.5, 0.6) is 0 Å². The summed E-state index contributed by atoms with van der Waals surface area (Å²) in [5.74, 6) is -0.908. The molecular weight excluding hydrogens is 252 g/mol. The fraction of sp³-hybridized carbons (Fsp3) is 0.500. The third-order valence-electron chi connectivity index (χ3n) is 1.63. The number of rotatable bonds is 6. The van der Waals surface area contributed by atoms with E-state index in [-0.39, 0.29) is 18.7 Å². The number of sulfone groups is 1. The molecule has 1 aromatic rings. The van der Waals surface area contributed by atoms with Crippen molar-refractivity contribution in [2.45, 2.75) is 6.42 Å². The zero-order chi connectivity index (χ0) is 12.2. The Bertz CT molecular complexity index is 466. The Hall–Kier alpha value is -1.15. The third-order valence-corrected chi connectivity index (χ3v) is 3.43. The van der Waals surface area contributed by atoms with E-state index >= 15 is 0 Å². The molecule has 8 heteroatoms. The molecule has 0 fully saturated rings. The summed E-state index contributed by atoms with van der Waals surface area (Å²) in [6, 6.07) is 0. The molecule has 0 aliphatic rings. The Morgan fingerprint density at radius 3 is 2.88 bits per heavy atom. The first kappa shape index (κ1) is 12.9. The summed E-state index contributed by atoms with van der Waals surface area (Å²) < 4.78 is 21.7. The van der Waals surface area contributed by atoms with Gasteiger partial charge in [-0.3, -0.25) is 4.79 Å². The molecule has 0 aliphatic heterocycles. The zero-order valence-corrected chi connectivity index (χ0v) is 10.3. The van der Waals surface area contributed by atoms with Crippen LogP contribution in [0.15, 0.2) is 5.38 Å². The highest BCUT2D eigenvalue weighted by molar-refractivity contribution is 7.90. The van der Waals surface area contributed by atoms with Gasteiger partial charge >= 0.3 is 5.97 Å². The van der Waals surface area contributed by atoms with Crippen LogP contribution >= 0.6 is 11.3 Å². The Morgan fingerprint density at radius 2 is 2.31 bits per heavy atom. The standard InChI is InChI=1S/C8H12N2O4S2/c1-16(13,14)3-2-9-8-10-6(5-15-8)4-7(11)12/h5H,2-4H2,1H3,(H,9,10)(H,11,12). The van der Waals surface area contributed by atoms with Crippen molar-refractivity contribution in [2.75, 3.05) is 23.9 Å². The van der Waals surface area contributed by atoms with Crippen LogP contribution in [0, 0.1) is 0 Å². The molecule has 0 saturated heterocycles. The molecule has 0 radical (unpaired) electrons. The summed E-state index contributed by atoms with van der Waals surface area (Å²) in [5, 5.41) is 13.5. The molecular formula is C8H12N2O4S2. The number of hydrogen-bond acceptors (Lipinski definition) is 6. The van der Waals surface area contributed by atoms with Crippen molar-refractivity contribution >= 4 is 32.3 Å². The smallest absolute Gasteiger partial charge is 0.309 e. The van der Waals surface area contributed by atoms with Gasteiger partial charge in [0.1, 0.15) is 9.84 Å².